The zero-order valence-electron chi connectivity index (χ0n) is 6.61. The summed E-state index contributed by atoms with van der Waals surface area (Å²) in [4.78, 5) is 11.4. The van der Waals surface area contributed by atoms with Gasteiger partial charge in [0, 0.05) is 5.56 Å². The van der Waals surface area contributed by atoms with Gasteiger partial charge in [-0.2, -0.15) is 0 Å². The highest BCUT2D eigenvalue weighted by Gasteiger charge is 2.09. The summed E-state index contributed by atoms with van der Waals surface area (Å²) in [6.45, 7) is 0. The minimum absolute atomic E-state index is 0.0573. The average molecular weight is 196 g/mol. The first-order valence-electron chi connectivity index (χ1n) is 3.43. The largest absolute Gasteiger partial charge is 0.287 e. The Balaban J connectivity index is 2.86. The monoisotopic (exact) mass is 196 g/mol. The van der Waals surface area contributed by atoms with Gasteiger partial charge in [-0.1, -0.05) is 42.5 Å². The lowest BCUT2D eigenvalue weighted by Crippen LogP contribution is -2.06. The van der Waals surface area contributed by atoms with Crippen LogP contribution in [-0.2, 0) is 0 Å². The van der Waals surface area contributed by atoms with Crippen molar-refractivity contribution in [1.82, 2.24) is 0 Å². The molecule has 0 fully saturated rings. The molecule has 1 nitrogen and oxygen atoms in total. The third-order valence-corrected chi connectivity index (χ3v) is 2.65. The summed E-state index contributed by atoms with van der Waals surface area (Å²) in [5, 5.41) is 0. The van der Waals surface area contributed by atoms with Gasteiger partial charge in [0.15, 0.2) is 0 Å². The molecule has 1 rings (SSSR count). The van der Waals surface area contributed by atoms with Crippen molar-refractivity contribution in [2.75, 3.05) is 6.26 Å². The summed E-state index contributed by atoms with van der Waals surface area (Å²) in [5.74, 6) is -0.0573. The van der Waals surface area contributed by atoms with E-state index in [1.807, 2.05) is 24.5 Å². The fourth-order valence-electron chi connectivity index (χ4n) is 0.800. The molecule has 1 aromatic rings. The number of carbonyl (C=O) groups excluding carboxylic acids is 1. The van der Waals surface area contributed by atoms with E-state index in [0.717, 1.165) is 0 Å². The maximum Gasteiger partial charge on any atom is 0.210 e. The molecule has 1 aromatic carbocycles. The van der Waals surface area contributed by atoms with E-state index < -0.39 is 0 Å². The molecular formula is C9H8OS2. The second kappa shape index (κ2) is 4.38. The number of thioether (sulfide) groups is 1. The molecular weight excluding hydrogens is 188 g/mol. The van der Waals surface area contributed by atoms with Crippen LogP contribution < -0.4 is 0 Å². The Morgan fingerprint density at radius 1 is 1.33 bits per heavy atom. The van der Waals surface area contributed by atoms with Crippen LogP contribution in [0, 0.1) is 0 Å². The first-order valence-corrected chi connectivity index (χ1v) is 5.06. The van der Waals surface area contributed by atoms with Crippen LogP contribution in [0.4, 0.5) is 0 Å². The first kappa shape index (κ1) is 9.42. The molecule has 0 atom stereocenters. The number of thiocarbonyl (C=S) groups is 1. The average Bonchev–Trinajstić information content (AvgIpc) is 2.17. The molecule has 0 saturated heterocycles. The van der Waals surface area contributed by atoms with Crippen LogP contribution in [0.15, 0.2) is 30.3 Å². The van der Waals surface area contributed by atoms with Gasteiger partial charge in [-0.05, 0) is 6.26 Å². The quantitative estimate of drug-likeness (QED) is 0.534. The lowest BCUT2D eigenvalue weighted by Gasteiger charge is -1.97. The Morgan fingerprint density at radius 3 is 2.42 bits per heavy atom. The Morgan fingerprint density at radius 2 is 1.92 bits per heavy atom. The zero-order chi connectivity index (χ0) is 8.97. The highest BCUT2D eigenvalue weighted by atomic mass is 32.2. The third-order valence-electron chi connectivity index (χ3n) is 1.41. The molecule has 0 aliphatic rings. The number of hydrogen-bond donors (Lipinski definition) is 0. The minimum Gasteiger partial charge on any atom is -0.287 e. The number of rotatable bonds is 2. The molecule has 0 N–H and O–H groups in total. The molecule has 3 heteroatoms. The van der Waals surface area contributed by atoms with Gasteiger partial charge in [-0.15, -0.1) is 11.8 Å². The lowest BCUT2D eigenvalue weighted by atomic mass is 10.2. The van der Waals surface area contributed by atoms with Crippen LogP contribution in [-0.4, -0.2) is 16.2 Å². The summed E-state index contributed by atoms with van der Waals surface area (Å²) >= 11 is 6.18. The van der Waals surface area contributed by atoms with Gasteiger partial charge in [0.05, 0.1) is 0 Å². The predicted octanol–water partition coefficient (Wildman–Crippen LogP) is 2.56. The molecule has 0 radical (unpaired) electrons. The van der Waals surface area contributed by atoms with E-state index in [9.17, 15) is 4.79 Å². The molecule has 0 unspecified atom stereocenters. The van der Waals surface area contributed by atoms with E-state index in [1.54, 1.807) is 12.1 Å². The van der Waals surface area contributed by atoms with Gasteiger partial charge >= 0.3 is 0 Å². The second-order valence-corrected chi connectivity index (χ2v) is 3.67. The highest BCUT2D eigenvalue weighted by Crippen LogP contribution is 2.07. The van der Waals surface area contributed by atoms with Crippen LogP contribution in [0.25, 0.3) is 0 Å². The number of hydrogen-bond acceptors (Lipinski definition) is 3. The molecule has 0 heterocycles. The van der Waals surface area contributed by atoms with Crippen molar-refractivity contribution in [1.29, 1.82) is 0 Å². The van der Waals surface area contributed by atoms with Gasteiger partial charge in [0.1, 0.15) is 4.20 Å². The zero-order valence-corrected chi connectivity index (χ0v) is 8.24. The fraction of sp³-hybridized carbons (Fsp3) is 0.111. The Kier molecular flexibility index (Phi) is 3.44. The SMILES string of the molecule is CSC(=S)C(=O)c1ccccc1. The summed E-state index contributed by atoms with van der Waals surface area (Å²) < 4.78 is 0.418. The van der Waals surface area contributed by atoms with Gasteiger partial charge in [0.2, 0.25) is 5.78 Å². The van der Waals surface area contributed by atoms with Crippen molar-refractivity contribution in [3.05, 3.63) is 35.9 Å². The second-order valence-electron chi connectivity index (χ2n) is 2.19. The van der Waals surface area contributed by atoms with Gasteiger partial charge in [0.25, 0.3) is 0 Å². The topological polar surface area (TPSA) is 17.1 Å². The Bertz CT molecular complexity index is 293. The van der Waals surface area contributed by atoms with Crippen LogP contribution in [0.5, 0.6) is 0 Å². The van der Waals surface area contributed by atoms with Gasteiger partial charge in [-0.3, -0.25) is 4.79 Å². The molecule has 62 valence electrons. The number of carbonyl (C=O) groups is 1. The standard InChI is InChI=1S/C9H8OS2/c1-12-9(11)8(10)7-5-3-2-4-6-7/h2-6H,1H3. The molecule has 12 heavy (non-hydrogen) atoms. The van der Waals surface area contributed by atoms with Crippen molar-refractivity contribution in [2.45, 2.75) is 0 Å². The van der Waals surface area contributed by atoms with E-state index in [2.05, 4.69) is 0 Å². The van der Waals surface area contributed by atoms with Gasteiger partial charge in [-0.25, -0.2) is 0 Å². The molecule has 0 amide bonds. The van der Waals surface area contributed by atoms with Crippen LogP contribution in [0.2, 0.25) is 0 Å². The summed E-state index contributed by atoms with van der Waals surface area (Å²) in [6.07, 6.45) is 1.81. The predicted molar refractivity (Wildman–Crippen MR) is 56.9 cm³/mol. The van der Waals surface area contributed by atoms with E-state index in [1.165, 1.54) is 11.8 Å². The number of Topliss-reactive ketones (excluding diaryl/α,β-unsaturated/α-hetero) is 1. The Labute approximate surface area is 81.2 Å². The molecule has 0 saturated carbocycles. The maximum atomic E-state index is 11.4. The smallest absolute Gasteiger partial charge is 0.210 e. The lowest BCUT2D eigenvalue weighted by molar-refractivity contribution is 0.107. The maximum absolute atomic E-state index is 11.4. The van der Waals surface area contributed by atoms with E-state index in [-0.39, 0.29) is 5.78 Å². The molecule has 0 aliphatic heterocycles. The van der Waals surface area contributed by atoms with Crippen molar-refractivity contribution in [3.8, 4) is 0 Å². The summed E-state index contributed by atoms with van der Waals surface area (Å²) in [6, 6.07) is 9.07. The van der Waals surface area contributed by atoms with E-state index in [4.69, 9.17) is 12.2 Å². The van der Waals surface area contributed by atoms with E-state index in [0.29, 0.717) is 9.76 Å². The number of ketones is 1. The van der Waals surface area contributed by atoms with Crippen molar-refractivity contribution >= 4 is 34.0 Å². The third kappa shape index (κ3) is 2.16. The van der Waals surface area contributed by atoms with Crippen molar-refractivity contribution in [2.24, 2.45) is 0 Å². The normalized spacial score (nSPS) is 9.42. The van der Waals surface area contributed by atoms with Crippen LogP contribution in [0.3, 0.4) is 0 Å². The molecule has 0 bridgehead atoms. The van der Waals surface area contributed by atoms with E-state index >= 15 is 0 Å². The highest BCUT2D eigenvalue weighted by molar-refractivity contribution is 8.24. The van der Waals surface area contributed by atoms with Gasteiger partial charge < -0.3 is 0 Å². The van der Waals surface area contributed by atoms with Crippen molar-refractivity contribution in [3.63, 3.8) is 0 Å². The minimum atomic E-state index is -0.0573. The summed E-state index contributed by atoms with van der Waals surface area (Å²) in [5.41, 5.74) is 0.664. The van der Waals surface area contributed by atoms with Crippen LogP contribution in [0.1, 0.15) is 10.4 Å². The van der Waals surface area contributed by atoms with Crippen molar-refractivity contribution < 1.29 is 4.79 Å². The first-order chi connectivity index (χ1) is 5.75. The van der Waals surface area contributed by atoms with Crippen LogP contribution >= 0.6 is 24.0 Å². The number of benzene rings is 1. The Hall–Kier alpha value is -0.670. The molecule has 0 aromatic heterocycles. The summed E-state index contributed by atoms with van der Waals surface area (Å²) in [7, 11) is 0. The molecule has 0 aliphatic carbocycles. The fourth-order valence-corrected chi connectivity index (χ4v) is 1.22. The molecule has 0 spiro atoms.